The SMILES string of the molecule is COc1ccc(OC)c(/C=N\N=C2/NC(=O)C(C)S2)c1. The first kappa shape index (κ1) is 14.4. The van der Waals surface area contributed by atoms with Crippen molar-refractivity contribution in [2.24, 2.45) is 10.2 Å². The molecule has 1 atom stereocenters. The summed E-state index contributed by atoms with van der Waals surface area (Å²) in [7, 11) is 3.18. The van der Waals surface area contributed by atoms with E-state index in [0.29, 0.717) is 16.7 Å². The van der Waals surface area contributed by atoms with Gasteiger partial charge in [0.1, 0.15) is 11.5 Å². The molecule has 1 heterocycles. The number of ether oxygens (including phenoxy) is 2. The third-order valence-electron chi connectivity index (χ3n) is 2.67. The van der Waals surface area contributed by atoms with E-state index in [1.807, 2.05) is 6.92 Å². The van der Waals surface area contributed by atoms with Crippen LogP contribution in [0.3, 0.4) is 0 Å². The summed E-state index contributed by atoms with van der Waals surface area (Å²) in [5.74, 6) is 1.33. The Balaban J connectivity index is 2.15. The summed E-state index contributed by atoms with van der Waals surface area (Å²) < 4.78 is 10.4. The highest BCUT2D eigenvalue weighted by atomic mass is 32.2. The van der Waals surface area contributed by atoms with Gasteiger partial charge in [0, 0.05) is 5.56 Å². The van der Waals surface area contributed by atoms with Crippen LogP contribution in [-0.2, 0) is 4.79 Å². The zero-order valence-corrected chi connectivity index (χ0v) is 12.2. The van der Waals surface area contributed by atoms with Gasteiger partial charge in [-0.15, -0.1) is 5.10 Å². The van der Waals surface area contributed by atoms with Crippen LogP contribution < -0.4 is 14.8 Å². The summed E-state index contributed by atoms with van der Waals surface area (Å²) in [5, 5.41) is 11.0. The number of amides is 1. The molecule has 1 aliphatic heterocycles. The van der Waals surface area contributed by atoms with Crippen molar-refractivity contribution >= 4 is 29.1 Å². The van der Waals surface area contributed by atoms with Crippen molar-refractivity contribution in [3.8, 4) is 11.5 Å². The van der Waals surface area contributed by atoms with Crippen molar-refractivity contribution in [2.75, 3.05) is 14.2 Å². The molecule has 1 N–H and O–H groups in total. The lowest BCUT2D eigenvalue weighted by molar-refractivity contribution is -0.118. The Morgan fingerprint density at radius 2 is 2.15 bits per heavy atom. The molecule has 1 saturated heterocycles. The second-order valence-electron chi connectivity index (χ2n) is 4.01. The summed E-state index contributed by atoms with van der Waals surface area (Å²) in [6.45, 7) is 1.82. The predicted octanol–water partition coefficient (Wildman–Crippen LogP) is 1.65. The van der Waals surface area contributed by atoms with Crippen molar-refractivity contribution in [2.45, 2.75) is 12.2 Å². The first-order valence-corrected chi connectivity index (χ1v) is 6.82. The van der Waals surface area contributed by atoms with Gasteiger partial charge in [-0.3, -0.25) is 4.79 Å². The minimum atomic E-state index is -0.129. The molecule has 1 aromatic carbocycles. The third kappa shape index (κ3) is 3.30. The van der Waals surface area contributed by atoms with E-state index in [0.717, 1.165) is 5.56 Å². The molecule has 2 rings (SSSR count). The second kappa shape index (κ2) is 6.42. The van der Waals surface area contributed by atoms with Gasteiger partial charge in [-0.1, -0.05) is 11.8 Å². The van der Waals surface area contributed by atoms with E-state index in [-0.39, 0.29) is 11.2 Å². The van der Waals surface area contributed by atoms with Crippen molar-refractivity contribution in [1.82, 2.24) is 5.32 Å². The largest absolute Gasteiger partial charge is 0.497 e. The smallest absolute Gasteiger partial charge is 0.239 e. The lowest BCUT2D eigenvalue weighted by Gasteiger charge is -2.06. The molecule has 0 bridgehead atoms. The molecule has 7 heteroatoms. The molecule has 1 fully saturated rings. The van der Waals surface area contributed by atoms with Crippen molar-refractivity contribution in [3.63, 3.8) is 0 Å². The topological polar surface area (TPSA) is 72.3 Å². The maximum atomic E-state index is 11.3. The number of nitrogens with zero attached hydrogens (tertiary/aromatic N) is 2. The van der Waals surface area contributed by atoms with E-state index in [4.69, 9.17) is 9.47 Å². The maximum Gasteiger partial charge on any atom is 0.239 e. The first-order valence-electron chi connectivity index (χ1n) is 5.94. The number of hydrogen-bond acceptors (Lipinski definition) is 6. The van der Waals surface area contributed by atoms with Crippen molar-refractivity contribution in [3.05, 3.63) is 23.8 Å². The van der Waals surface area contributed by atoms with Crippen molar-refractivity contribution in [1.29, 1.82) is 0 Å². The lowest BCUT2D eigenvalue weighted by atomic mass is 10.2. The van der Waals surface area contributed by atoms with Crippen LogP contribution in [0.25, 0.3) is 0 Å². The summed E-state index contributed by atoms with van der Waals surface area (Å²) in [6, 6.07) is 5.39. The van der Waals surface area contributed by atoms with E-state index >= 15 is 0 Å². The fraction of sp³-hybridized carbons (Fsp3) is 0.308. The number of methoxy groups -OCH3 is 2. The van der Waals surface area contributed by atoms with Crippen LogP contribution in [-0.4, -0.2) is 36.8 Å². The van der Waals surface area contributed by atoms with Gasteiger partial charge < -0.3 is 14.8 Å². The van der Waals surface area contributed by atoms with Crippen LogP contribution >= 0.6 is 11.8 Å². The fourth-order valence-corrected chi connectivity index (χ4v) is 2.34. The molecular formula is C13H15N3O3S. The van der Waals surface area contributed by atoms with Gasteiger partial charge in [-0.2, -0.15) is 5.10 Å². The van der Waals surface area contributed by atoms with Gasteiger partial charge >= 0.3 is 0 Å². The highest BCUT2D eigenvalue weighted by Gasteiger charge is 2.25. The lowest BCUT2D eigenvalue weighted by Crippen LogP contribution is -2.23. The molecule has 1 unspecified atom stereocenters. The minimum Gasteiger partial charge on any atom is -0.497 e. The quantitative estimate of drug-likeness (QED) is 0.676. The number of carbonyl (C=O) groups is 1. The number of amidine groups is 1. The normalized spacial score (nSPS) is 20.4. The second-order valence-corrected chi connectivity index (χ2v) is 5.34. The Kier molecular flexibility index (Phi) is 4.62. The van der Waals surface area contributed by atoms with E-state index in [1.54, 1.807) is 38.6 Å². The molecule has 1 aromatic rings. The summed E-state index contributed by atoms with van der Waals surface area (Å²) in [6.07, 6.45) is 1.56. The Bertz CT molecular complexity index is 572. The molecule has 1 amide bonds. The molecule has 0 radical (unpaired) electrons. The molecule has 0 aliphatic carbocycles. The van der Waals surface area contributed by atoms with Gasteiger partial charge in [0.15, 0.2) is 5.17 Å². The van der Waals surface area contributed by atoms with Gasteiger partial charge in [0.2, 0.25) is 5.91 Å². The standard InChI is InChI=1S/C13H15N3O3S/c1-8-12(17)15-13(20-8)16-14-7-9-6-10(18-2)4-5-11(9)19-3/h4-8H,1-3H3,(H,15,16,17)/b14-7-. The summed E-state index contributed by atoms with van der Waals surface area (Å²) in [5.41, 5.74) is 0.749. The number of nitrogens with one attached hydrogen (secondary N) is 1. The molecule has 106 valence electrons. The Labute approximate surface area is 121 Å². The summed E-state index contributed by atoms with van der Waals surface area (Å²) in [4.78, 5) is 11.3. The predicted molar refractivity (Wildman–Crippen MR) is 79.8 cm³/mol. The maximum absolute atomic E-state index is 11.3. The number of hydrogen-bond donors (Lipinski definition) is 1. The average molecular weight is 293 g/mol. The monoisotopic (exact) mass is 293 g/mol. The van der Waals surface area contributed by atoms with Crippen LogP contribution in [0.1, 0.15) is 12.5 Å². The van der Waals surface area contributed by atoms with Crippen LogP contribution in [0, 0.1) is 0 Å². The van der Waals surface area contributed by atoms with Crippen molar-refractivity contribution < 1.29 is 14.3 Å². The van der Waals surface area contributed by atoms with E-state index < -0.39 is 0 Å². The number of rotatable bonds is 4. The Morgan fingerprint density at radius 3 is 2.75 bits per heavy atom. The third-order valence-corrected chi connectivity index (χ3v) is 3.64. The fourth-order valence-electron chi connectivity index (χ4n) is 1.59. The molecule has 0 aromatic heterocycles. The van der Waals surface area contributed by atoms with Crippen LogP contribution in [0.2, 0.25) is 0 Å². The van der Waals surface area contributed by atoms with Crippen LogP contribution in [0.15, 0.2) is 28.4 Å². The molecule has 6 nitrogen and oxygen atoms in total. The molecule has 20 heavy (non-hydrogen) atoms. The number of benzene rings is 1. The highest BCUT2D eigenvalue weighted by molar-refractivity contribution is 8.15. The summed E-state index contributed by atoms with van der Waals surface area (Å²) >= 11 is 1.35. The molecule has 0 saturated carbocycles. The van der Waals surface area contributed by atoms with E-state index in [9.17, 15) is 4.79 Å². The zero-order chi connectivity index (χ0) is 14.5. The molecule has 0 spiro atoms. The van der Waals surface area contributed by atoms with Crippen LogP contribution in [0.4, 0.5) is 0 Å². The highest BCUT2D eigenvalue weighted by Crippen LogP contribution is 2.22. The van der Waals surface area contributed by atoms with E-state index in [1.165, 1.54) is 11.8 Å². The average Bonchev–Trinajstić information content (AvgIpc) is 2.77. The Hall–Kier alpha value is -2.02. The first-order chi connectivity index (χ1) is 9.63. The van der Waals surface area contributed by atoms with Gasteiger partial charge in [0.05, 0.1) is 25.7 Å². The number of carbonyl (C=O) groups excluding carboxylic acids is 1. The van der Waals surface area contributed by atoms with Gasteiger partial charge in [0.25, 0.3) is 0 Å². The number of thioether (sulfide) groups is 1. The van der Waals surface area contributed by atoms with Gasteiger partial charge in [-0.05, 0) is 25.1 Å². The molecular weight excluding hydrogens is 278 g/mol. The Morgan fingerprint density at radius 1 is 1.35 bits per heavy atom. The van der Waals surface area contributed by atoms with Crippen LogP contribution in [0.5, 0.6) is 11.5 Å². The minimum absolute atomic E-state index is 0.0529. The van der Waals surface area contributed by atoms with Gasteiger partial charge in [-0.25, -0.2) is 0 Å². The molecule has 1 aliphatic rings. The zero-order valence-electron chi connectivity index (χ0n) is 11.4. The van der Waals surface area contributed by atoms with E-state index in [2.05, 4.69) is 15.5 Å².